The van der Waals surface area contributed by atoms with Gasteiger partial charge in [0.25, 0.3) is 0 Å². The molecule has 8 heteroatoms. The molecule has 3 N–H and O–H groups in total. The van der Waals surface area contributed by atoms with Gasteiger partial charge in [-0.1, -0.05) is 6.07 Å². The van der Waals surface area contributed by atoms with Gasteiger partial charge in [0.15, 0.2) is 5.96 Å². The van der Waals surface area contributed by atoms with Crippen LogP contribution in [-0.4, -0.2) is 56.9 Å². The molecule has 0 aromatic heterocycles. The number of hydrogen-bond acceptors (Lipinski definition) is 4. The Morgan fingerprint density at radius 3 is 2.67 bits per heavy atom. The van der Waals surface area contributed by atoms with Crippen molar-refractivity contribution in [1.29, 1.82) is 0 Å². The Balaban J connectivity index is 1.51. The first-order valence-electron chi connectivity index (χ1n) is 11.1. The van der Waals surface area contributed by atoms with E-state index in [1.807, 2.05) is 13.0 Å². The van der Waals surface area contributed by atoms with Crippen molar-refractivity contribution in [3.05, 3.63) is 30.1 Å². The molecule has 1 aliphatic heterocycles. The van der Waals surface area contributed by atoms with Crippen LogP contribution in [0.25, 0.3) is 0 Å². The van der Waals surface area contributed by atoms with Crippen molar-refractivity contribution in [3.8, 4) is 0 Å². The molecule has 1 saturated carbocycles. The number of nitrogens with one attached hydrogen (secondary N) is 3. The maximum absolute atomic E-state index is 13.5. The summed E-state index contributed by atoms with van der Waals surface area (Å²) in [6, 6.07) is 7.10. The number of alkyl carbamates (subject to hydrolysis) is 1. The summed E-state index contributed by atoms with van der Waals surface area (Å²) in [4.78, 5) is 18.8. The average molecular weight is 420 g/mol. The predicted molar refractivity (Wildman–Crippen MR) is 117 cm³/mol. The number of aliphatic imine (C=N–C) groups is 1. The molecule has 3 rings (SSSR count). The molecule has 0 spiro atoms. The van der Waals surface area contributed by atoms with E-state index in [-0.39, 0.29) is 18.0 Å². The number of ether oxygens (including phenoxy) is 1. The Morgan fingerprint density at radius 2 is 2.03 bits per heavy atom. The number of amides is 1. The van der Waals surface area contributed by atoms with Gasteiger partial charge in [-0.05, 0) is 63.6 Å². The molecule has 2 fully saturated rings. The molecule has 166 valence electrons. The van der Waals surface area contributed by atoms with Crippen molar-refractivity contribution in [3.63, 3.8) is 0 Å². The van der Waals surface area contributed by atoms with Crippen LogP contribution in [0.2, 0.25) is 0 Å². The number of hydrogen-bond donors (Lipinski definition) is 3. The largest absolute Gasteiger partial charge is 0.450 e. The van der Waals surface area contributed by atoms with Crippen molar-refractivity contribution in [2.24, 2.45) is 10.9 Å². The van der Waals surface area contributed by atoms with E-state index in [0.29, 0.717) is 25.1 Å². The van der Waals surface area contributed by atoms with E-state index >= 15 is 0 Å². The first-order valence-corrected chi connectivity index (χ1v) is 11.1. The minimum atomic E-state index is -0.368. The monoisotopic (exact) mass is 419 g/mol. The number of carbonyl (C=O) groups is 1. The van der Waals surface area contributed by atoms with E-state index in [1.165, 1.54) is 6.07 Å². The molecule has 1 aromatic rings. The van der Waals surface area contributed by atoms with E-state index in [0.717, 1.165) is 57.0 Å². The number of halogens is 1. The third-order valence-electron chi connectivity index (χ3n) is 5.57. The third-order valence-corrected chi connectivity index (χ3v) is 5.57. The molecular formula is C22H34FN5O2. The molecule has 1 amide bonds. The summed E-state index contributed by atoms with van der Waals surface area (Å²) in [7, 11) is 0. The molecule has 30 heavy (non-hydrogen) atoms. The maximum atomic E-state index is 13.5. The summed E-state index contributed by atoms with van der Waals surface area (Å²) in [6.45, 7) is 7.25. The van der Waals surface area contributed by atoms with E-state index in [1.54, 1.807) is 19.1 Å². The van der Waals surface area contributed by atoms with Crippen LogP contribution in [0.3, 0.4) is 0 Å². The van der Waals surface area contributed by atoms with Crippen LogP contribution in [0.4, 0.5) is 14.9 Å². The normalized spacial score (nSPS) is 18.6. The molecule has 7 nitrogen and oxygen atoms in total. The number of nitrogens with zero attached hydrogens (tertiary/aromatic N) is 2. The highest BCUT2D eigenvalue weighted by molar-refractivity contribution is 5.80. The predicted octanol–water partition coefficient (Wildman–Crippen LogP) is 2.87. The molecular weight excluding hydrogens is 385 g/mol. The second kappa shape index (κ2) is 11.0. The van der Waals surface area contributed by atoms with Crippen LogP contribution >= 0.6 is 0 Å². The van der Waals surface area contributed by atoms with Crippen molar-refractivity contribution in [2.45, 2.75) is 51.6 Å². The topological polar surface area (TPSA) is 78.0 Å². The minimum absolute atomic E-state index is 0.00864. The number of anilines is 1. The Labute approximate surface area is 178 Å². The van der Waals surface area contributed by atoms with Gasteiger partial charge >= 0.3 is 6.09 Å². The number of carbonyl (C=O) groups excluding carboxylic acids is 1. The summed E-state index contributed by atoms with van der Waals surface area (Å²) in [5, 5.41) is 9.78. The number of guanidine groups is 1. The van der Waals surface area contributed by atoms with Crippen molar-refractivity contribution >= 4 is 17.7 Å². The number of piperidine rings is 1. The van der Waals surface area contributed by atoms with Crippen LogP contribution in [0.15, 0.2) is 29.3 Å². The zero-order valence-corrected chi connectivity index (χ0v) is 18.0. The zero-order valence-electron chi connectivity index (χ0n) is 18.0. The summed E-state index contributed by atoms with van der Waals surface area (Å²) >= 11 is 0. The van der Waals surface area contributed by atoms with Crippen molar-refractivity contribution < 1.29 is 13.9 Å². The van der Waals surface area contributed by atoms with Crippen LogP contribution in [0.1, 0.15) is 39.5 Å². The van der Waals surface area contributed by atoms with Gasteiger partial charge < -0.3 is 25.6 Å². The van der Waals surface area contributed by atoms with Gasteiger partial charge in [-0.2, -0.15) is 0 Å². The quantitative estimate of drug-likeness (QED) is 0.446. The minimum Gasteiger partial charge on any atom is -0.450 e. The van der Waals surface area contributed by atoms with Crippen LogP contribution in [-0.2, 0) is 4.74 Å². The standard InChI is InChI=1S/C22H34FN5O2/c1-3-24-21(25-15-20(16-8-9-16)27-22(29)30-4-2)26-18-10-12-28(13-11-18)19-7-5-6-17(23)14-19/h5-7,14,16,18,20H,3-4,8-13,15H2,1-2H3,(H,27,29)(H2,24,25,26). The first-order chi connectivity index (χ1) is 14.6. The summed E-state index contributed by atoms with van der Waals surface area (Å²) in [5.74, 6) is 1.06. The second-order valence-electron chi connectivity index (χ2n) is 7.91. The Hall–Kier alpha value is -2.51. The highest BCUT2D eigenvalue weighted by Crippen LogP contribution is 2.32. The van der Waals surface area contributed by atoms with Gasteiger partial charge in [0.05, 0.1) is 19.2 Å². The lowest BCUT2D eigenvalue weighted by molar-refractivity contribution is 0.147. The molecule has 0 radical (unpaired) electrons. The van der Waals surface area contributed by atoms with Crippen LogP contribution in [0, 0.1) is 11.7 Å². The summed E-state index contributed by atoms with van der Waals surface area (Å²) < 4.78 is 18.5. The van der Waals surface area contributed by atoms with Crippen LogP contribution in [0.5, 0.6) is 0 Å². The molecule has 0 bridgehead atoms. The van der Waals surface area contributed by atoms with Gasteiger partial charge in [0, 0.05) is 31.4 Å². The lowest BCUT2D eigenvalue weighted by Gasteiger charge is -2.34. The molecule has 1 saturated heterocycles. The maximum Gasteiger partial charge on any atom is 0.407 e. The van der Waals surface area contributed by atoms with E-state index in [2.05, 4.69) is 20.9 Å². The highest BCUT2D eigenvalue weighted by Gasteiger charge is 2.32. The Kier molecular flexibility index (Phi) is 8.16. The third kappa shape index (κ3) is 6.78. The van der Waals surface area contributed by atoms with Gasteiger partial charge in [0.1, 0.15) is 5.82 Å². The van der Waals surface area contributed by atoms with Crippen molar-refractivity contribution in [2.75, 3.05) is 37.7 Å². The highest BCUT2D eigenvalue weighted by atomic mass is 19.1. The summed E-state index contributed by atoms with van der Waals surface area (Å²) in [5.41, 5.74) is 0.936. The fourth-order valence-electron chi connectivity index (χ4n) is 3.79. The van der Waals surface area contributed by atoms with E-state index in [9.17, 15) is 9.18 Å². The molecule has 1 heterocycles. The summed E-state index contributed by atoms with van der Waals surface area (Å²) in [6.07, 6.45) is 3.78. The number of benzene rings is 1. The SMILES string of the molecule is CCNC(=NCC(NC(=O)OCC)C1CC1)NC1CCN(c2cccc(F)c2)CC1. The fourth-order valence-corrected chi connectivity index (χ4v) is 3.79. The van der Waals surface area contributed by atoms with Crippen LogP contribution < -0.4 is 20.9 Å². The molecule has 1 atom stereocenters. The average Bonchev–Trinajstić information content (AvgIpc) is 3.57. The lowest BCUT2D eigenvalue weighted by atomic mass is 10.0. The zero-order chi connectivity index (χ0) is 21.3. The first kappa shape index (κ1) is 22.2. The van der Waals surface area contributed by atoms with Crippen molar-refractivity contribution in [1.82, 2.24) is 16.0 Å². The Bertz CT molecular complexity index is 717. The smallest absolute Gasteiger partial charge is 0.407 e. The molecule has 1 aromatic carbocycles. The van der Waals surface area contributed by atoms with E-state index < -0.39 is 0 Å². The lowest BCUT2D eigenvalue weighted by Crippen LogP contribution is -2.49. The second-order valence-corrected chi connectivity index (χ2v) is 7.91. The molecule has 1 aliphatic carbocycles. The van der Waals surface area contributed by atoms with Gasteiger partial charge in [-0.3, -0.25) is 4.99 Å². The van der Waals surface area contributed by atoms with Gasteiger partial charge in [-0.15, -0.1) is 0 Å². The van der Waals surface area contributed by atoms with E-state index in [4.69, 9.17) is 9.73 Å². The van der Waals surface area contributed by atoms with Gasteiger partial charge in [-0.25, -0.2) is 9.18 Å². The molecule has 2 aliphatic rings. The molecule has 1 unspecified atom stereocenters. The van der Waals surface area contributed by atoms with Gasteiger partial charge in [0.2, 0.25) is 0 Å². The fraction of sp³-hybridized carbons (Fsp3) is 0.636. The number of rotatable bonds is 8. The Morgan fingerprint density at radius 1 is 1.27 bits per heavy atom.